The maximum atomic E-state index is 13.0. The lowest BCUT2D eigenvalue weighted by molar-refractivity contribution is -0.125. The van der Waals surface area contributed by atoms with Crippen molar-refractivity contribution in [1.82, 2.24) is 9.62 Å². The van der Waals surface area contributed by atoms with Gasteiger partial charge in [-0.1, -0.05) is 32.0 Å². The molecule has 0 saturated carbocycles. The van der Waals surface area contributed by atoms with E-state index in [4.69, 9.17) is 4.74 Å². The van der Waals surface area contributed by atoms with E-state index in [-0.39, 0.29) is 29.7 Å². The Kier molecular flexibility index (Phi) is 7.20. The summed E-state index contributed by atoms with van der Waals surface area (Å²) in [6, 6.07) is 11.3. The summed E-state index contributed by atoms with van der Waals surface area (Å²) in [6.45, 7) is 5.95. The van der Waals surface area contributed by atoms with Crippen LogP contribution in [0.4, 0.5) is 5.69 Å². The van der Waals surface area contributed by atoms with Gasteiger partial charge >= 0.3 is 0 Å². The molecule has 32 heavy (non-hydrogen) atoms. The molecule has 1 aliphatic heterocycles. The van der Waals surface area contributed by atoms with Gasteiger partial charge in [0.15, 0.2) is 0 Å². The molecule has 172 valence electrons. The molecule has 3 rings (SSSR count). The lowest BCUT2D eigenvalue weighted by atomic mass is 10.1. The molecule has 0 radical (unpaired) electrons. The number of rotatable bonds is 8. The zero-order valence-corrected chi connectivity index (χ0v) is 19.6. The zero-order chi connectivity index (χ0) is 23.5. The molecule has 8 nitrogen and oxygen atoms in total. The van der Waals surface area contributed by atoms with Crippen molar-refractivity contribution < 1.29 is 22.7 Å². The molecule has 2 aromatic carbocycles. The van der Waals surface area contributed by atoms with Crippen LogP contribution in [-0.4, -0.2) is 50.8 Å². The summed E-state index contributed by atoms with van der Waals surface area (Å²) in [6.07, 6.45) is 0.244. The molecule has 1 heterocycles. The minimum Gasteiger partial charge on any atom is -0.496 e. The Balaban J connectivity index is 1.85. The number of benzene rings is 2. The van der Waals surface area contributed by atoms with Crippen molar-refractivity contribution in [2.24, 2.45) is 0 Å². The standard InChI is InChI=1S/C23H29N3O5S/c1-5-25(6-2)32(29,30)19-11-12-20-18(13-19)14-21(26(20)16(3)27)23(28)24-15-17-9-7-8-10-22(17)31-4/h7-13,21H,5-6,14-15H2,1-4H3,(H,24,28). The molecule has 0 fully saturated rings. The van der Waals surface area contributed by atoms with Crippen LogP contribution in [0.15, 0.2) is 47.4 Å². The van der Waals surface area contributed by atoms with Crippen molar-refractivity contribution in [1.29, 1.82) is 0 Å². The Morgan fingerprint density at radius 3 is 2.47 bits per heavy atom. The van der Waals surface area contributed by atoms with Gasteiger partial charge in [-0.15, -0.1) is 0 Å². The number of nitrogens with one attached hydrogen (secondary N) is 1. The predicted octanol–water partition coefficient (Wildman–Crippen LogP) is 2.32. The average molecular weight is 460 g/mol. The van der Waals surface area contributed by atoms with Crippen LogP contribution in [0.1, 0.15) is 31.9 Å². The number of amides is 2. The van der Waals surface area contributed by atoms with Crippen molar-refractivity contribution in [2.75, 3.05) is 25.1 Å². The van der Waals surface area contributed by atoms with Gasteiger partial charge in [0, 0.05) is 44.2 Å². The van der Waals surface area contributed by atoms with Crippen LogP contribution < -0.4 is 15.0 Å². The number of para-hydroxylation sites is 1. The smallest absolute Gasteiger partial charge is 0.243 e. The first-order valence-corrected chi connectivity index (χ1v) is 12.0. The van der Waals surface area contributed by atoms with Crippen molar-refractivity contribution >= 4 is 27.5 Å². The molecule has 1 N–H and O–H groups in total. The summed E-state index contributed by atoms with van der Waals surface area (Å²) in [4.78, 5) is 27.0. The SMILES string of the molecule is CCN(CC)S(=O)(=O)c1ccc2c(c1)CC(C(=O)NCc1ccccc1OC)N2C(C)=O. The number of carbonyl (C=O) groups excluding carboxylic acids is 2. The zero-order valence-electron chi connectivity index (χ0n) is 18.8. The van der Waals surface area contributed by atoms with Crippen molar-refractivity contribution in [3.8, 4) is 5.75 Å². The Morgan fingerprint density at radius 2 is 1.84 bits per heavy atom. The highest BCUT2D eigenvalue weighted by Gasteiger charge is 2.38. The molecule has 2 aromatic rings. The van der Waals surface area contributed by atoms with Crippen LogP contribution in [0.5, 0.6) is 5.75 Å². The predicted molar refractivity (Wildman–Crippen MR) is 122 cm³/mol. The van der Waals surface area contributed by atoms with Gasteiger partial charge in [-0.05, 0) is 29.8 Å². The van der Waals surface area contributed by atoms with Gasteiger partial charge in [-0.2, -0.15) is 4.31 Å². The molecule has 1 aliphatic rings. The molecule has 0 saturated heterocycles. The van der Waals surface area contributed by atoms with E-state index < -0.39 is 16.1 Å². The highest BCUT2D eigenvalue weighted by atomic mass is 32.2. The number of anilines is 1. The average Bonchev–Trinajstić information content (AvgIpc) is 3.17. The number of carbonyl (C=O) groups is 2. The third-order valence-corrected chi connectivity index (χ3v) is 7.71. The number of ether oxygens (including phenoxy) is 1. The van der Waals surface area contributed by atoms with E-state index in [9.17, 15) is 18.0 Å². The van der Waals surface area contributed by atoms with E-state index in [0.29, 0.717) is 30.1 Å². The molecule has 1 unspecified atom stereocenters. The quantitative estimate of drug-likeness (QED) is 0.654. The first kappa shape index (κ1) is 23.7. The van der Waals surface area contributed by atoms with Crippen molar-refractivity contribution in [3.05, 3.63) is 53.6 Å². The fraction of sp³-hybridized carbons (Fsp3) is 0.391. The summed E-state index contributed by atoms with van der Waals surface area (Å²) >= 11 is 0. The van der Waals surface area contributed by atoms with E-state index in [0.717, 1.165) is 5.56 Å². The highest BCUT2D eigenvalue weighted by Crippen LogP contribution is 2.35. The van der Waals surface area contributed by atoms with Crippen molar-refractivity contribution in [2.45, 2.75) is 44.7 Å². The minimum atomic E-state index is -3.64. The van der Waals surface area contributed by atoms with E-state index in [1.807, 2.05) is 24.3 Å². The molecule has 2 amide bonds. The second-order valence-corrected chi connectivity index (χ2v) is 9.46. The van der Waals surface area contributed by atoms with Gasteiger partial charge in [-0.3, -0.25) is 14.5 Å². The number of methoxy groups -OCH3 is 1. The van der Waals surface area contributed by atoms with Gasteiger partial charge in [-0.25, -0.2) is 8.42 Å². The number of nitrogens with zero attached hydrogens (tertiary/aromatic N) is 2. The topological polar surface area (TPSA) is 96.0 Å². The summed E-state index contributed by atoms with van der Waals surface area (Å²) in [5.74, 6) is 0.0770. The number of fused-ring (bicyclic) bond motifs is 1. The van der Waals surface area contributed by atoms with Gasteiger partial charge in [0.25, 0.3) is 0 Å². The molecule has 0 spiro atoms. The highest BCUT2D eigenvalue weighted by molar-refractivity contribution is 7.89. The van der Waals surface area contributed by atoms with E-state index in [2.05, 4.69) is 5.32 Å². The minimum absolute atomic E-state index is 0.165. The van der Waals surface area contributed by atoms with Gasteiger partial charge in [0.05, 0.1) is 12.0 Å². The van der Waals surface area contributed by atoms with Gasteiger partial charge in [0.2, 0.25) is 21.8 Å². The van der Waals surface area contributed by atoms with Crippen LogP contribution >= 0.6 is 0 Å². The van der Waals surface area contributed by atoms with Crippen LogP contribution in [0.3, 0.4) is 0 Å². The molecule has 0 aromatic heterocycles. The normalized spacial score (nSPS) is 15.5. The summed E-state index contributed by atoms with van der Waals surface area (Å²) in [7, 11) is -2.07. The van der Waals surface area contributed by atoms with Crippen LogP contribution in [-0.2, 0) is 32.6 Å². The number of sulfonamides is 1. The third kappa shape index (κ3) is 4.49. The largest absolute Gasteiger partial charge is 0.496 e. The number of hydrogen-bond acceptors (Lipinski definition) is 5. The monoisotopic (exact) mass is 459 g/mol. The molecular formula is C23H29N3O5S. The Labute approximate surface area is 189 Å². The lowest BCUT2D eigenvalue weighted by Crippen LogP contribution is -2.47. The first-order valence-electron chi connectivity index (χ1n) is 10.6. The Morgan fingerprint density at radius 1 is 1.16 bits per heavy atom. The van der Waals surface area contributed by atoms with Crippen LogP contribution in [0.25, 0.3) is 0 Å². The molecule has 9 heteroatoms. The fourth-order valence-corrected chi connectivity index (χ4v) is 5.56. The maximum absolute atomic E-state index is 13.0. The summed E-state index contributed by atoms with van der Waals surface area (Å²) in [5, 5.41) is 2.88. The second kappa shape index (κ2) is 9.70. The Bertz CT molecular complexity index is 1110. The fourth-order valence-electron chi connectivity index (χ4n) is 4.05. The summed E-state index contributed by atoms with van der Waals surface area (Å²) in [5.41, 5.74) is 2.04. The molecule has 0 bridgehead atoms. The summed E-state index contributed by atoms with van der Waals surface area (Å²) < 4.78 is 32.5. The van der Waals surface area contributed by atoms with Crippen molar-refractivity contribution in [3.63, 3.8) is 0 Å². The lowest BCUT2D eigenvalue weighted by Gasteiger charge is -2.24. The Hall–Kier alpha value is -2.91. The molecule has 0 aliphatic carbocycles. The third-order valence-electron chi connectivity index (χ3n) is 5.67. The number of hydrogen-bond donors (Lipinski definition) is 1. The maximum Gasteiger partial charge on any atom is 0.243 e. The van der Waals surface area contributed by atoms with Gasteiger partial charge < -0.3 is 10.1 Å². The molecule has 1 atom stereocenters. The molecular weight excluding hydrogens is 430 g/mol. The van der Waals surface area contributed by atoms with Crippen LogP contribution in [0, 0.1) is 0 Å². The van der Waals surface area contributed by atoms with E-state index in [1.165, 1.54) is 22.2 Å². The second-order valence-electron chi connectivity index (χ2n) is 7.52. The van der Waals surface area contributed by atoms with E-state index >= 15 is 0 Å². The van der Waals surface area contributed by atoms with Gasteiger partial charge in [0.1, 0.15) is 11.8 Å². The van der Waals surface area contributed by atoms with Crippen LogP contribution in [0.2, 0.25) is 0 Å². The first-order chi connectivity index (χ1) is 15.2. The van der Waals surface area contributed by atoms with E-state index in [1.54, 1.807) is 33.1 Å².